The van der Waals surface area contributed by atoms with Crippen LogP contribution < -0.4 is 10.1 Å². The Morgan fingerprint density at radius 1 is 1.10 bits per heavy atom. The lowest BCUT2D eigenvalue weighted by Crippen LogP contribution is -2.28. The fourth-order valence-electron chi connectivity index (χ4n) is 3.56. The van der Waals surface area contributed by atoms with Crippen LogP contribution in [0.4, 0.5) is 0 Å². The summed E-state index contributed by atoms with van der Waals surface area (Å²) >= 11 is 0. The maximum absolute atomic E-state index is 11.9. The van der Waals surface area contributed by atoms with Gasteiger partial charge in [-0.1, -0.05) is 51.1 Å². The van der Waals surface area contributed by atoms with Crippen molar-refractivity contribution >= 4 is 16.9 Å². The Morgan fingerprint density at radius 3 is 2.59 bits per heavy atom. The molecule has 1 atom stereocenters. The van der Waals surface area contributed by atoms with Crippen molar-refractivity contribution in [3.05, 3.63) is 59.9 Å². The molecule has 0 saturated heterocycles. The molecule has 1 amide bonds. The highest BCUT2D eigenvalue weighted by Crippen LogP contribution is 2.26. The second kappa shape index (κ2) is 9.59. The summed E-state index contributed by atoms with van der Waals surface area (Å²) in [5.41, 5.74) is 3.27. The SMILES string of the molecule is CCC(=O)NC(C)c1nc2ccccc2n1CCCOc1ccccc1C(C)C. The zero-order valence-electron chi connectivity index (χ0n) is 17.8. The van der Waals surface area contributed by atoms with Crippen LogP contribution in [0.1, 0.15) is 63.9 Å². The van der Waals surface area contributed by atoms with Gasteiger partial charge in [-0.25, -0.2) is 4.98 Å². The van der Waals surface area contributed by atoms with E-state index >= 15 is 0 Å². The van der Waals surface area contributed by atoms with Crippen LogP contribution in [0.2, 0.25) is 0 Å². The molecule has 2 aromatic carbocycles. The van der Waals surface area contributed by atoms with Gasteiger partial charge in [-0.05, 0) is 43.0 Å². The van der Waals surface area contributed by atoms with Crippen LogP contribution in [-0.2, 0) is 11.3 Å². The molecule has 5 heteroatoms. The van der Waals surface area contributed by atoms with E-state index in [0.717, 1.165) is 35.6 Å². The summed E-state index contributed by atoms with van der Waals surface area (Å²) in [6, 6.07) is 16.2. The van der Waals surface area contributed by atoms with Gasteiger partial charge in [0.1, 0.15) is 11.6 Å². The standard InChI is InChI=1S/C24H31N3O2/c1-5-23(28)25-18(4)24-26-20-12-7-8-13-21(20)27(24)15-10-16-29-22-14-9-6-11-19(22)17(2)3/h6-9,11-14,17-18H,5,10,15-16H2,1-4H3,(H,25,28). The molecule has 0 spiro atoms. The minimum absolute atomic E-state index is 0.0322. The third kappa shape index (κ3) is 4.97. The molecule has 0 saturated carbocycles. The van der Waals surface area contributed by atoms with Crippen molar-refractivity contribution in [2.24, 2.45) is 0 Å². The second-order valence-corrected chi connectivity index (χ2v) is 7.65. The van der Waals surface area contributed by atoms with Gasteiger partial charge in [-0.15, -0.1) is 0 Å². The maximum Gasteiger partial charge on any atom is 0.220 e. The Balaban J connectivity index is 1.72. The van der Waals surface area contributed by atoms with E-state index in [0.29, 0.717) is 18.9 Å². The minimum atomic E-state index is -0.141. The zero-order valence-corrected chi connectivity index (χ0v) is 17.8. The Morgan fingerprint density at radius 2 is 1.83 bits per heavy atom. The molecule has 3 rings (SSSR count). The lowest BCUT2D eigenvalue weighted by molar-refractivity contribution is -0.121. The number of para-hydroxylation sites is 3. The summed E-state index contributed by atoms with van der Waals surface area (Å²) in [5, 5.41) is 3.03. The first-order valence-electron chi connectivity index (χ1n) is 10.5. The fraction of sp³-hybridized carbons (Fsp3) is 0.417. The fourth-order valence-corrected chi connectivity index (χ4v) is 3.56. The monoisotopic (exact) mass is 393 g/mol. The Bertz CT molecular complexity index is 962. The maximum atomic E-state index is 11.9. The topological polar surface area (TPSA) is 56.2 Å². The molecule has 0 fully saturated rings. The molecule has 3 aromatic rings. The number of carbonyl (C=O) groups is 1. The molecule has 0 bridgehead atoms. The molecule has 0 radical (unpaired) electrons. The lowest BCUT2D eigenvalue weighted by atomic mass is 10.0. The number of imidazole rings is 1. The molecule has 29 heavy (non-hydrogen) atoms. The largest absolute Gasteiger partial charge is 0.493 e. The van der Waals surface area contributed by atoms with Gasteiger partial charge in [-0.3, -0.25) is 4.79 Å². The normalized spacial score (nSPS) is 12.3. The highest BCUT2D eigenvalue weighted by molar-refractivity contribution is 5.77. The number of carbonyl (C=O) groups excluding carboxylic acids is 1. The third-order valence-electron chi connectivity index (χ3n) is 5.09. The Kier molecular flexibility index (Phi) is 6.91. The van der Waals surface area contributed by atoms with Gasteiger partial charge in [0.05, 0.1) is 23.7 Å². The Hall–Kier alpha value is -2.82. The van der Waals surface area contributed by atoms with E-state index in [2.05, 4.69) is 41.9 Å². The summed E-state index contributed by atoms with van der Waals surface area (Å²) < 4.78 is 8.29. The average molecular weight is 394 g/mol. The van der Waals surface area contributed by atoms with Crippen LogP contribution in [0, 0.1) is 0 Å². The first-order valence-corrected chi connectivity index (χ1v) is 10.5. The number of aryl methyl sites for hydroxylation is 1. The molecular weight excluding hydrogens is 362 g/mol. The van der Waals surface area contributed by atoms with Gasteiger partial charge in [-0.2, -0.15) is 0 Å². The quantitative estimate of drug-likeness (QED) is 0.507. The van der Waals surface area contributed by atoms with Crippen molar-refractivity contribution in [1.29, 1.82) is 0 Å². The number of ether oxygens (including phenoxy) is 1. The second-order valence-electron chi connectivity index (χ2n) is 7.65. The van der Waals surface area contributed by atoms with Crippen LogP contribution >= 0.6 is 0 Å². The van der Waals surface area contributed by atoms with Crippen molar-refractivity contribution in [2.45, 2.75) is 59.0 Å². The van der Waals surface area contributed by atoms with E-state index in [1.54, 1.807) is 0 Å². The molecule has 0 aliphatic rings. The molecule has 0 aliphatic carbocycles. The van der Waals surface area contributed by atoms with Crippen LogP contribution in [-0.4, -0.2) is 22.1 Å². The highest BCUT2D eigenvalue weighted by atomic mass is 16.5. The van der Waals surface area contributed by atoms with Gasteiger partial charge < -0.3 is 14.6 Å². The van der Waals surface area contributed by atoms with E-state index in [4.69, 9.17) is 9.72 Å². The van der Waals surface area contributed by atoms with Crippen molar-refractivity contribution in [3.8, 4) is 5.75 Å². The van der Waals surface area contributed by atoms with E-state index in [-0.39, 0.29) is 11.9 Å². The van der Waals surface area contributed by atoms with Crippen LogP contribution in [0.25, 0.3) is 11.0 Å². The summed E-state index contributed by atoms with van der Waals surface area (Å²) in [4.78, 5) is 16.6. The van der Waals surface area contributed by atoms with Crippen LogP contribution in [0.15, 0.2) is 48.5 Å². The number of hydrogen-bond acceptors (Lipinski definition) is 3. The molecule has 0 aliphatic heterocycles. The van der Waals surface area contributed by atoms with Gasteiger partial charge in [0, 0.05) is 13.0 Å². The molecule has 1 aromatic heterocycles. The predicted molar refractivity (Wildman–Crippen MR) is 117 cm³/mol. The molecule has 1 N–H and O–H groups in total. The number of nitrogens with zero attached hydrogens (tertiary/aromatic N) is 2. The number of hydrogen-bond donors (Lipinski definition) is 1. The van der Waals surface area contributed by atoms with E-state index < -0.39 is 0 Å². The lowest BCUT2D eigenvalue weighted by Gasteiger charge is -2.17. The molecule has 1 heterocycles. The highest BCUT2D eigenvalue weighted by Gasteiger charge is 2.17. The predicted octanol–water partition coefficient (Wildman–Crippen LogP) is 5.22. The third-order valence-corrected chi connectivity index (χ3v) is 5.09. The summed E-state index contributed by atoms with van der Waals surface area (Å²) in [6.45, 7) is 9.62. The van der Waals surface area contributed by atoms with E-state index in [1.807, 2.05) is 44.2 Å². The Labute approximate surface area is 173 Å². The molecule has 5 nitrogen and oxygen atoms in total. The van der Waals surface area contributed by atoms with E-state index in [1.165, 1.54) is 5.56 Å². The van der Waals surface area contributed by atoms with Crippen molar-refractivity contribution < 1.29 is 9.53 Å². The van der Waals surface area contributed by atoms with Gasteiger partial charge in [0.15, 0.2) is 0 Å². The zero-order chi connectivity index (χ0) is 20.8. The smallest absolute Gasteiger partial charge is 0.220 e. The summed E-state index contributed by atoms with van der Waals surface area (Å²) in [6.07, 6.45) is 1.32. The van der Waals surface area contributed by atoms with Gasteiger partial charge >= 0.3 is 0 Å². The number of rotatable bonds is 9. The van der Waals surface area contributed by atoms with Gasteiger partial charge in [0.25, 0.3) is 0 Å². The summed E-state index contributed by atoms with van der Waals surface area (Å²) in [7, 11) is 0. The first kappa shape index (κ1) is 20.9. The summed E-state index contributed by atoms with van der Waals surface area (Å²) in [5.74, 6) is 2.31. The number of benzene rings is 2. The number of amides is 1. The number of nitrogens with one attached hydrogen (secondary N) is 1. The average Bonchev–Trinajstić information content (AvgIpc) is 3.10. The number of aromatic nitrogens is 2. The van der Waals surface area contributed by atoms with Crippen LogP contribution in [0.5, 0.6) is 5.75 Å². The number of fused-ring (bicyclic) bond motifs is 1. The molecule has 154 valence electrons. The van der Waals surface area contributed by atoms with E-state index in [9.17, 15) is 4.79 Å². The minimum Gasteiger partial charge on any atom is -0.493 e. The van der Waals surface area contributed by atoms with Crippen LogP contribution in [0.3, 0.4) is 0 Å². The van der Waals surface area contributed by atoms with Crippen molar-refractivity contribution in [1.82, 2.24) is 14.9 Å². The van der Waals surface area contributed by atoms with Crippen molar-refractivity contribution in [2.75, 3.05) is 6.61 Å². The van der Waals surface area contributed by atoms with Crippen molar-refractivity contribution in [3.63, 3.8) is 0 Å². The molecule has 1 unspecified atom stereocenters. The van der Waals surface area contributed by atoms with Gasteiger partial charge in [0.2, 0.25) is 5.91 Å². The molecular formula is C24H31N3O2. The first-order chi connectivity index (χ1) is 14.0.